The lowest BCUT2D eigenvalue weighted by atomic mass is 9.64. The van der Waals surface area contributed by atoms with Gasteiger partial charge in [-0.3, -0.25) is 9.79 Å². The SMILES string of the molecule is CCCC1C2CC=C(C(C)=O)N=C2C[C@@H]2CN(C(=O)OCC)C[C@@H]12.O=C(O)/C=C\C(=O)O. The lowest BCUT2D eigenvalue weighted by Crippen LogP contribution is -2.41. The molecule has 0 spiro atoms. The van der Waals surface area contributed by atoms with E-state index >= 15 is 0 Å². The number of nitrogens with zero attached hydrogens (tertiary/aromatic N) is 2. The molecular formula is C23H32N2O7. The minimum Gasteiger partial charge on any atom is -0.478 e. The van der Waals surface area contributed by atoms with Crippen LogP contribution in [0, 0.1) is 23.7 Å². The van der Waals surface area contributed by atoms with Crippen LogP contribution in [0.1, 0.15) is 46.5 Å². The molecule has 0 bridgehead atoms. The number of allylic oxidation sites excluding steroid dienone is 2. The fourth-order valence-electron chi connectivity index (χ4n) is 4.92. The van der Waals surface area contributed by atoms with Gasteiger partial charge in [0.15, 0.2) is 5.78 Å². The fourth-order valence-corrected chi connectivity index (χ4v) is 4.92. The van der Waals surface area contributed by atoms with Crippen molar-refractivity contribution >= 4 is 29.5 Å². The molecule has 4 atom stereocenters. The van der Waals surface area contributed by atoms with E-state index in [1.165, 1.54) is 5.71 Å². The molecule has 1 saturated heterocycles. The van der Waals surface area contributed by atoms with E-state index in [1.54, 1.807) is 6.92 Å². The second-order valence-corrected chi connectivity index (χ2v) is 8.29. The number of hydrogen-bond donors (Lipinski definition) is 2. The lowest BCUT2D eigenvalue weighted by Gasteiger charge is -2.41. The zero-order valence-electron chi connectivity index (χ0n) is 18.8. The van der Waals surface area contributed by atoms with Crippen LogP contribution in [-0.2, 0) is 19.1 Å². The number of likely N-dealkylation sites (tertiary alicyclic amines) is 1. The lowest BCUT2D eigenvalue weighted by molar-refractivity contribution is -0.134. The Morgan fingerprint density at radius 2 is 1.81 bits per heavy atom. The highest BCUT2D eigenvalue weighted by Gasteiger charge is 2.48. The van der Waals surface area contributed by atoms with Crippen LogP contribution in [0.2, 0.25) is 0 Å². The van der Waals surface area contributed by atoms with Crippen LogP contribution in [0.15, 0.2) is 28.9 Å². The Kier molecular flexibility index (Phi) is 9.16. The molecule has 0 aromatic carbocycles. The van der Waals surface area contributed by atoms with Crippen LogP contribution in [0.3, 0.4) is 0 Å². The van der Waals surface area contributed by atoms with Crippen LogP contribution in [-0.4, -0.2) is 64.3 Å². The molecule has 1 saturated carbocycles. The largest absolute Gasteiger partial charge is 0.478 e. The monoisotopic (exact) mass is 448 g/mol. The smallest absolute Gasteiger partial charge is 0.409 e. The summed E-state index contributed by atoms with van der Waals surface area (Å²) < 4.78 is 5.20. The van der Waals surface area contributed by atoms with Crippen LogP contribution < -0.4 is 0 Å². The summed E-state index contributed by atoms with van der Waals surface area (Å²) in [5.74, 6) is -0.486. The second-order valence-electron chi connectivity index (χ2n) is 8.29. The summed E-state index contributed by atoms with van der Waals surface area (Å²) in [6.07, 6.45) is 7.07. The Morgan fingerprint density at radius 1 is 1.16 bits per heavy atom. The Labute approximate surface area is 187 Å². The van der Waals surface area contributed by atoms with Gasteiger partial charge in [-0.25, -0.2) is 14.4 Å². The van der Waals surface area contributed by atoms with E-state index in [4.69, 9.17) is 19.9 Å². The van der Waals surface area contributed by atoms with Crippen molar-refractivity contribution in [1.82, 2.24) is 4.90 Å². The summed E-state index contributed by atoms with van der Waals surface area (Å²) in [4.78, 5) is 49.5. The Hall–Kier alpha value is -2.97. The summed E-state index contributed by atoms with van der Waals surface area (Å²) in [7, 11) is 0. The highest BCUT2D eigenvalue weighted by Crippen LogP contribution is 2.46. The number of carbonyl (C=O) groups is 4. The molecule has 2 unspecified atom stereocenters. The summed E-state index contributed by atoms with van der Waals surface area (Å²) >= 11 is 0. The van der Waals surface area contributed by atoms with Crippen LogP contribution in [0.5, 0.6) is 0 Å². The zero-order chi connectivity index (χ0) is 23.8. The maximum Gasteiger partial charge on any atom is 0.409 e. The first-order chi connectivity index (χ1) is 15.2. The number of hydrogen-bond acceptors (Lipinski definition) is 6. The quantitative estimate of drug-likeness (QED) is 0.596. The van der Waals surface area contributed by atoms with E-state index in [1.807, 2.05) is 17.9 Å². The van der Waals surface area contributed by atoms with E-state index in [2.05, 4.69) is 6.92 Å². The standard InChI is InChI=1S/C19H28N2O3.C4H4O4/c1-4-6-14-15-7-8-17(12(3)22)20-18(15)9-13-10-21(11-16(13)14)19(23)24-5-2;5-3(6)1-2-4(7)8/h8,13-16H,4-7,9-11H2,1-3H3;1-2H,(H,5,6)(H,7,8)/b;2-1-/t13-,14?,15?,16-;/m1./s1. The number of carboxylic acids is 2. The van der Waals surface area contributed by atoms with Crippen molar-refractivity contribution in [2.45, 2.75) is 46.5 Å². The van der Waals surface area contributed by atoms with Gasteiger partial charge >= 0.3 is 18.0 Å². The second kappa shape index (κ2) is 11.6. The van der Waals surface area contributed by atoms with Gasteiger partial charge in [-0.15, -0.1) is 0 Å². The number of amides is 1. The van der Waals surface area contributed by atoms with Gasteiger partial charge < -0.3 is 19.8 Å². The number of aliphatic carboxylic acids is 2. The van der Waals surface area contributed by atoms with Gasteiger partial charge in [0.2, 0.25) is 0 Å². The Morgan fingerprint density at radius 3 is 2.34 bits per heavy atom. The van der Waals surface area contributed by atoms with Gasteiger partial charge in [-0.1, -0.05) is 19.4 Å². The summed E-state index contributed by atoms with van der Waals surface area (Å²) in [6, 6.07) is 0. The van der Waals surface area contributed by atoms with Crippen molar-refractivity contribution in [3.05, 3.63) is 23.9 Å². The van der Waals surface area contributed by atoms with E-state index in [0.717, 1.165) is 38.8 Å². The molecule has 32 heavy (non-hydrogen) atoms. The number of ether oxygens (including phenoxy) is 1. The molecule has 0 aromatic heterocycles. The van der Waals surface area contributed by atoms with E-state index in [9.17, 15) is 19.2 Å². The molecule has 2 heterocycles. The third kappa shape index (κ3) is 6.51. The Bertz CT molecular complexity index is 814. The third-order valence-corrected chi connectivity index (χ3v) is 6.16. The predicted octanol–water partition coefficient (Wildman–Crippen LogP) is 3.16. The molecule has 3 aliphatic rings. The average Bonchev–Trinajstić information content (AvgIpc) is 3.16. The van der Waals surface area contributed by atoms with Crippen molar-refractivity contribution in [2.24, 2.45) is 28.7 Å². The predicted molar refractivity (Wildman–Crippen MR) is 117 cm³/mol. The van der Waals surface area contributed by atoms with Gasteiger partial charge in [0.25, 0.3) is 0 Å². The first-order valence-electron chi connectivity index (χ1n) is 11.0. The van der Waals surface area contributed by atoms with Gasteiger partial charge in [-0.05, 0) is 43.9 Å². The maximum absolute atomic E-state index is 12.1. The van der Waals surface area contributed by atoms with Crippen molar-refractivity contribution in [3.63, 3.8) is 0 Å². The Balaban J connectivity index is 0.000000390. The summed E-state index contributed by atoms with van der Waals surface area (Å²) in [5, 5.41) is 15.6. The molecule has 0 aromatic rings. The normalized spacial score (nSPS) is 26.2. The molecule has 2 fully saturated rings. The van der Waals surface area contributed by atoms with Crippen molar-refractivity contribution < 1.29 is 34.1 Å². The van der Waals surface area contributed by atoms with Gasteiger partial charge in [0.05, 0.1) is 6.61 Å². The zero-order valence-corrected chi connectivity index (χ0v) is 18.8. The summed E-state index contributed by atoms with van der Waals surface area (Å²) in [5.41, 5.74) is 1.81. The molecule has 3 rings (SSSR count). The number of carboxylic acid groups (broad SMARTS) is 2. The van der Waals surface area contributed by atoms with Gasteiger partial charge in [0, 0.05) is 43.8 Å². The van der Waals surface area contributed by atoms with Crippen molar-refractivity contribution in [1.29, 1.82) is 0 Å². The minimum absolute atomic E-state index is 0.0506. The van der Waals surface area contributed by atoms with Gasteiger partial charge in [-0.2, -0.15) is 0 Å². The van der Waals surface area contributed by atoms with Crippen molar-refractivity contribution in [2.75, 3.05) is 19.7 Å². The maximum atomic E-state index is 12.1. The molecule has 2 aliphatic heterocycles. The molecule has 1 amide bonds. The molecule has 0 radical (unpaired) electrons. The number of fused-ring (bicyclic) bond motifs is 2. The molecule has 176 valence electrons. The van der Waals surface area contributed by atoms with Crippen LogP contribution in [0.4, 0.5) is 4.79 Å². The molecule has 2 N–H and O–H groups in total. The number of rotatable bonds is 6. The highest BCUT2D eigenvalue weighted by atomic mass is 16.6. The van der Waals surface area contributed by atoms with Crippen molar-refractivity contribution in [3.8, 4) is 0 Å². The van der Waals surface area contributed by atoms with Crippen LogP contribution >= 0.6 is 0 Å². The summed E-state index contributed by atoms with van der Waals surface area (Å²) in [6.45, 7) is 7.64. The van der Waals surface area contributed by atoms with Gasteiger partial charge in [0.1, 0.15) is 5.70 Å². The molecule has 9 heteroatoms. The average molecular weight is 449 g/mol. The number of Topliss-reactive ketones (excluding diaryl/α,β-unsaturated/α-hetero) is 1. The van der Waals surface area contributed by atoms with E-state index in [-0.39, 0.29) is 11.9 Å². The molecular weight excluding hydrogens is 416 g/mol. The first kappa shape index (κ1) is 25.3. The molecule has 1 aliphatic carbocycles. The van der Waals surface area contributed by atoms with E-state index in [0.29, 0.717) is 48.1 Å². The number of aliphatic imine (C=N–C) groups is 1. The number of ketones is 1. The van der Waals surface area contributed by atoms with E-state index < -0.39 is 11.9 Å². The topological polar surface area (TPSA) is 134 Å². The number of carbonyl (C=O) groups excluding carboxylic acids is 2. The molecule has 9 nitrogen and oxygen atoms in total. The highest BCUT2D eigenvalue weighted by molar-refractivity contribution is 5.99. The first-order valence-corrected chi connectivity index (χ1v) is 11.0. The minimum atomic E-state index is -1.26. The third-order valence-electron chi connectivity index (χ3n) is 6.16. The van der Waals surface area contributed by atoms with Crippen LogP contribution in [0.25, 0.3) is 0 Å². The fraction of sp³-hybridized carbons (Fsp3) is 0.609.